The van der Waals surface area contributed by atoms with Gasteiger partial charge in [-0.25, -0.2) is 0 Å². The molecule has 58 valence electrons. The number of rotatable bonds is 3. The molecule has 0 aromatic carbocycles. The van der Waals surface area contributed by atoms with E-state index in [1.54, 1.807) is 0 Å². The normalized spacial score (nSPS) is 13.9. The Morgan fingerprint density at radius 3 is 2.00 bits per heavy atom. The van der Waals surface area contributed by atoms with E-state index in [4.69, 9.17) is 4.55 Å². The summed E-state index contributed by atoms with van der Waals surface area (Å²) in [5.41, 5.74) is 0. The summed E-state index contributed by atoms with van der Waals surface area (Å²) in [7, 11) is -3.95. The third-order valence-electron chi connectivity index (χ3n) is 0.720. The fourth-order valence-corrected chi connectivity index (χ4v) is 1.44. The maximum absolute atomic E-state index is 10.2. The van der Waals surface area contributed by atoms with Crippen molar-refractivity contribution in [2.24, 2.45) is 0 Å². The van der Waals surface area contributed by atoms with E-state index in [1.807, 2.05) is 0 Å². The molecule has 0 bridgehead atoms. The van der Waals surface area contributed by atoms with Crippen LogP contribution < -0.4 is 0 Å². The summed E-state index contributed by atoms with van der Waals surface area (Å²) in [5, 5.41) is 0. The van der Waals surface area contributed by atoms with Crippen LogP contribution in [0.15, 0.2) is 0 Å². The van der Waals surface area contributed by atoms with Gasteiger partial charge in [-0.3, -0.25) is 4.55 Å². The Morgan fingerprint density at radius 2 is 1.90 bits per heavy atom. The first-order chi connectivity index (χ1) is 3.98. The summed E-state index contributed by atoms with van der Waals surface area (Å²) in [6, 6.07) is 0. The molecule has 0 aliphatic rings. The molecule has 0 aromatic heterocycles. The van der Waals surface area contributed by atoms with Gasteiger partial charge in [0.1, 0.15) is 4.58 Å². The van der Waals surface area contributed by atoms with Crippen LogP contribution in [0.4, 0.5) is 0 Å². The van der Waals surface area contributed by atoms with Crippen molar-refractivity contribution in [1.82, 2.24) is 0 Å². The van der Waals surface area contributed by atoms with Crippen molar-refractivity contribution in [3.8, 4) is 0 Å². The van der Waals surface area contributed by atoms with Gasteiger partial charge >= 0.3 is 29.6 Å². The van der Waals surface area contributed by atoms with E-state index in [2.05, 4.69) is 25.3 Å². The summed E-state index contributed by atoms with van der Waals surface area (Å²) in [4.78, 5) is 0. The molecule has 0 aliphatic heterocycles. The topological polar surface area (TPSA) is 54.4 Å². The van der Waals surface area contributed by atoms with Crippen molar-refractivity contribution < 1.29 is 13.0 Å². The molecule has 10 heavy (non-hydrogen) atoms. The average Bonchev–Trinajstić information content (AvgIpc) is 1.64. The maximum atomic E-state index is 10.2. The fraction of sp³-hybridized carbons (Fsp3) is 1.00. The van der Waals surface area contributed by atoms with Crippen LogP contribution >= 0.6 is 25.3 Å². The quantitative estimate of drug-likeness (QED) is 0.345. The van der Waals surface area contributed by atoms with Crippen LogP contribution in [0.2, 0.25) is 0 Å². The molecule has 1 atom stereocenters. The molecule has 3 nitrogen and oxygen atoms in total. The van der Waals surface area contributed by atoms with Gasteiger partial charge in [-0.1, -0.05) is 0 Å². The zero-order valence-electron chi connectivity index (χ0n) is 4.56. The van der Waals surface area contributed by atoms with Crippen molar-refractivity contribution >= 4 is 64.9 Å². The molecule has 0 radical (unpaired) electrons. The van der Waals surface area contributed by atoms with Crippen molar-refractivity contribution in [1.29, 1.82) is 0 Å². The van der Waals surface area contributed by atoms with Crippen molar-refractivity contribution in [2.75, 3.05) is 5.75 Å². The fourth-order valence-electron chi connectivity index (χ4n) is 0.259. The molecule has 0 aromatic rings. The van der Waals surface area contributed by atoms with E-state index in [-0.39, 0.29) is 36.0 Å². The molecule has 0 saturated carbocycles. The third kappa shape index (κ3) is 6.33. The van der Waals surface area contributed by atoms with Crippen LogP contribution in [-0.4, -0.2) is 52.9 Å². The Bertz CT molecular complexity index is 166. The summed E-state index contributed by atoms with van der Waals surface area (Å²) in [6.45, 7) is 0. The van der Waals surface area contributed by atoms with E-state index < -0.39 is 14.7 Å². The van der Waals surface area contributed by atoms with E-state index in [0.717, 1.165) is 0 Å². The molecular weight excluding hydrogens is 203 g/mol. The monoisotopic (exact) mass is 212 g/mol. The minimum absolute atomic E-state index is 0. The molecule has 0 aliphatic carbocycles. The minimum atomic E-state index is -3.95. The standard InChI is InChI=1S/C3H8O3S3.Na.H/c4-9(5,6)3(8)1-2-7;;/h3,7-8H,1-2H2,(H,4,5,6);;. The van der Waals surface area contributed by atoms with Gasteiger partial charge in [0.2, 0.25) is 0 Å². The van der Waals surface area contributed by atoms with Crippen LogP contribution in [0, 0.1) is 0 Å². The van der Waals surface area contributed by atoms with Crippen LogP contribution in [0.5, 0.6) is 0 Å². The second-order valence-electron chi connectivity index (χ2n) is 1.48. The van der Waals surface area contributed by atoms with Crippen molar-refractivity contribution in [2.45, 2.75) is 11.0 Å². The van der Waals surface area contributed by atoms with Gasteiger partial charge in [-0.15, -0.1) is 0 Å². The molecular formula is C3H9NaO3S3. The Balaban J connectivity index is 0. The van der Waals surface area contributed by atoms with Crippen LogP contribution in [0.1, 0.15) is 6.42 Å². The van der Waals surface area contributed by atoms with Gasteiger partial charge in [-0.05, 0) is 12.2 Å². The Labute approximate surface area is 93.8 Å². The number of hydrogen-bond acceptors (Lipinski definition) is 4. The first-order valence-electron chi connectivity index (χ1n) is 2.23. The molecule has 0 spiro atoms. The van der Waals surface area contributed by atoms with Gasteiger partial charge in [0.25, 0.3) is 10.1 Å². The SMILES string of the molecule is O=S(=O)(O)C(S)CCS.[NaH]. The van der Waals surface area contributed by atoms with E-state index in [0.29, 0.717) is 5.75 Å². The zero-order valence-corrected chi connectivity index (χ0v) is 7.16. The Morgan fingerprint density at radius 1 is 1.50 bits per heavy atom. The molecule has 1 N–H and O–H groups in total. The van der Waals surface area contributed by atoms with Crippen LogP contribution in [0.25, 0.3) is 0 Å². The predicted octanol–water partition coefficient (Wildman–Crippen LogP) is -0.198. The van der Waals surface area contributed by atoms with Gasteiger partial charge in [0, 0.05) is 0 Å². The van der Waals surface area contributed by atoms with Crippen molar-refractivity contribution in [3.63, 3.8) is 0 Å². The van der Waals surface area contributed by atoms with E-state index in [9.17, 15) is 8.42 Å². The summed E-state index contributed by atoms with van der Waals surface area (Å²) >= 11 is 7.37. The van der Waals surface area contributed by atoms with Gasteiger partial charge in [-0.2, -0.15) is 33.7 Å². The third-order valence-corrected chi connectivity index (χ3v) is 2.96. The van der Waals surface area contributed by atoms with E-state index >= 15 is 0 Å². The number of hydrogen-bond donors (Lipinski definition) is 3. The van der Waals surface area contributed by atoms with Gasteiger partial charge in [0.05, 0.1) is 0 Å². The molecule has 0 amide bonds. The summed E-state index contributed by atoms with van der Waals surface area (Å²) < 4.78 is 27.6. The molecule has 0 fully saturated rings. The van der Waals surface area contributed by atoms with Crippen LogP contribution in [-0.2, 0) is 10.1 Å². The average molecular weight is 212 g/mol. The van der Waals surface area contributed by atoms with Crippen molar-refractivity contribution in [3.05, 3.63) is 0 Å². The second-order valence-corrected chi connectivity index (χ2v) is 4.50. The molecule has 0 saturated heterocycles. The predicted molar refractivity (Wildman–Crippen MR) is 49.9 cm³/mol. The van der Waals surface area contributed by atoms with Crippen LogP contribution in [0.3, 0.4) is 0 Å². The van der Waals surface area contributed by atoms with E-state index in [1.165, 1.54) is 0 Å². The van der Waals surface area contributed by atoms with Gasteiger partial charge < -0.3 is 0 Å². The Hall–Kier alpha value is 1.61. The summed E-state index contributed by atoms with van der Waals surface area (Å²) in [5.74, 6) is 0.397. The first kappa shape index (κ1) is 14.2. The molecule has 7 heteroatoms. The number of thiol groups is 2. The Kier molecular flexibility index (Phi) is 8.72. The van der Waals surface area contributed by atoms with Gasteiger partial charge in [0.15, 0.2) is 0 Å². The molecule has 0 heterocycles. The first-order valence-corrected chi connectivity index (χ1v) is 4.89. The molecule has 1 unspecified atom stereocenters. The second kappa shape index (κ2) is 6.16. The molecule has 0 rings (SSSR count). The summed E-state index contributed by atoms with van der Waals surface area (Å²) in [6.07, 6.45) is 0.255. The zero-order chi connectivity index (χ0) is 7.49.